The van der Waals surface area contributed by atoms with Gasteiger partial charge in [-0.05, 0) is 25.0 Å². The maximum Gasteiger partial charge on any atom is 0.329 e. The molecule has 7 nitrogen and oxygen atoms in total. The Hall–Kier alpha value is -2.57. The minimum Gasteiger partial charge on any atom is -0.493 e. The summed E-state index contributed by atoms with van der Waals surface area (Å²) < 4.78 is 10.4. The molecule has 1 aliphatic rings. The van der Waals surface area contributed by atoms with Gasteiger partial charge in [0.15, 0.2) is 11.5 Å². The molecule has 1 fully saturated rings. The van der Waals surface area contributed by atoms with Crippen molar-refractivity contribution in [3.05, 3.63) is 23.8 Å². The summed E-state index contributed by atoms with van der Waals surface area (Å²) in [5.41, 5.74) is 2.87. The molecule has 0 unspecified atom stereocenters. The maximum atomic E-state index is 11.8. The van der Waals surface area contributed by atoms with E-state index < -0.39 is 11.8 Å². The Kier molecular flexibility index (Phi) is 5.35. The second kappa shape index (κ2) is 7.44. The lowest BCUT2D eigenvalue weighted by Crippen LogP contribution is -2.39. The molecule has 0 aromatic heterocycles. The Labute approximate surface area is 128 Å². The van der Waals surface area contributed by atoms with Gasteiger partial charge in [-0.3, -0.25) is 9.59 Å². The van der Waals surface area contributed by atoms with E-state index in [1.54, 1.807) is 18.2 Å². The van der Waals surface area contributed by atoms with Crippen LogP contribution in [0, 0.1) is 0 Å². The Morgan fingerprint density at radius 3 is 2.59 bits per heavy atom. The fourth-order valence-electron chi connectivity index (χ4n) is 2.29. The van der Waals surface area contributed by atoms with Gasteiger partial charge in [-0.25, -0.2) is 5.43 Å². The van der Waals surface area contributed by atoms with Gasteiger partial charge < -0.3 is 14.4 Å². The van der Waals surface area contributed by atoms with Crippen LogP contribution in [-0.2, 0) is 9.59 Å². The Morgan fingerprint density at radius 2 is 1.95 bits per heavy atom. The molecule has 1 aromatic rings. The molecule has 1 aliphatic heterocycles. The van der Waals surface area contributed by atoms with Crippen molar-refractivity contribution < 1.29 is 19.1 Å². The van der Waals surface area contributed by atoms with E-state index in [2.05, 4.69) is 10.5 Å². The highest BCUT2D eigenvalue weighted by molar-refractivity contribution is 6.35. The van der Waals surface area contributed by atoms with Gasteiger partial charge in [0.2, 0.25) is 0 Å². The Balaban J connectivity index is 2.00. The number of ether oxygens (including phenoxy) is 2. The maximum absolute atomic E-state index is 11.8. The van der Waals surface area contributed by atoms with E-state index in [4.69, 9.17) is 9.47 Å². The zero-order valence-corrected chi connectivity index (χ0v) is 12.7. The van der Waals surface area contributed by atoms with Crippen molar-refractivity contribution in [3.8, 4) is 11.5 Å². The number of hydrazone groups is 1. The van der Waals surface area contributed by atoms with Gasteiger partial charge in [0.25, 0.3) is 0 Å². The van der Waals surface area contributed by atoms with Gasteiger partial charge in [0, 0.05) is 18.7 Å². The average molecular weight is 305 g/mol. The summed E-state index contributed by atoms with van der Waals surface area (Å²) in [4.78, 5) is 25.1. The molecule has 1 aromatic carbocycles. The average Bonchev–Trinajstić information content (AvgIpc) is 3.08. The van der Waals surface area contributed by atoms with Crippen LogP contribution in [0.25, 0.3) is 0 Å². The molecule has 0 aliphatic carbocycles. The highest BCUT2D eigenvalue weighted by atomic mass is 16.5. The number of carbonyl (C=O) groups is 2. The summed E-state index contributed by atoms with van der Waals surface area (Å²) in [6.07, 6.45) is 3.28. The second-order valence-electron chi connectivity index (χ2n) is 4.78. The zero-order chi connectivity index (χ0) is 15.9. The largest absolute Gasteiger partial charge is 0.493 e. The van der Waals surface area contributed by atoms with Gasteiger partial charge >= 0.3 is 11.8 Å². The molecule has 118 valence electrons. The summed E-state index contributed by atoms with van der Waals surface area (Å²) in [6, 6.07) is 5.30. The van der Waals surface area contributed by atoms with E-state index in [0.29, 0.717) is 30.2 Å². The number of benzene rings is 1. The summed E-state index contributed by atoms with van der Waals surface area (Å²) in [5.74, 6) is -0.216. The molecule has 2 amide bonds. The molecular formula is C15H19N3O4. The van der Waals surface area contributed by atoms with Crippen LogP contribution in [0.1, 0.15) is 18.4 Å². The van der Waals surface area contributed by atoms with Crippen LogP contribution in [0.2, 0.25) is 0 Å². The van der Waals surface area contributed by atoms with Gasteiger partial charge in [0.05, 0.1) is 20.4 Å². The number of nitrogens with one attached hydrogen (secondary N) is 1. The van der Waals surface area contributed by atoms with Gasteiger partial charge in [-0.15, -0.1) is 0 Å². The van der Waals surface area contributed by atoms with Crippen molar-refractivity contribution in [3.63, 3.8) is 0 Å². The number of para-hydroxylation sites is 1. The van der Waals surface area contributed by atoms with Crippen molar-refractivity contribution in [2.24, 2.45) is 5.10 Å². The minimum atomic E-state index is -0.736. The van der Waals surface area contributed by atoms with Crippen LogP contribution in [0.3, 0.4) is 0 Å². The van der Waals surface area contributed by atoms with Crippen LogP contribution in [0.4, 0.5) is 0 Å². The second-order valence-corrected chi connectivity index (χ2v) is 4.78. The first-order valence-corrected chi connectivity index (χ1v) is 7.00. The molecular weight excluding hydrogens is 286 g/mol. The van der Waals surface area contributed by atoms with Crippen LogP contribution in [-0.4, -0.2) is 50.2 Å². The first-order valence-electron chi connectivity index (χ1n) is 7.00. The summed E-state index contributed by atoms with van der Waals surface area (Å²) >= 11 is 0. The molecule has 1 saturated heterocycles. The molecule has 0 saturated carbocycles. The standard InChI is InChI=1S/C15H19N3O4/c1-21-12-7-5-6-11(13(12)22-2)10-16-17-14(19)15(20)18-8-3-4-9-18/h5-7,10H,3-4,8-9H2,1-2H3,(H,17,19)/b16-10-. The molecule has 1 heterocycles. The number of amides is 2. The molecule has 0 spiro atoms. The summed E-state index contributed by atoms with van der Waals surface area (Å²) in [5, 5.41) is 3.81. The van der Waals surface area contributed by atoms with Crippen LogP contribution in [0.5, 0.6) is 11.5 Å². The fourth-order valence-corrected chi connectivity index (χ4v) is 2.29. The van der Waals surface area contributed by atoms with E-state index in [-0.39, 0.29) is 0 Å². The Bertz CT molecular complexity index is 580. The lowest BCUT2D eigenvalue weighted by molar-refractivity contribution is -0.145. The van der Waals surface area contributed by atoms with Gasteiger partial charge in [-0.2, -0.15) is 5.10 Å². The molecule has 2 rings (SSSR count). The van der Waals surface area contributed by atoms with E-state index in [0.717, 1.165) is 12.8 Å². The Morgan fingerprint density at radius 1 is 1.23 bits per heavy atom. The molecule has 1 N–H and O–H groups in total. The first-order chi connectivity index (χ1) is 10.7. The van der Waals surface area contributed by atoms with Crippen LogP contribution in [0.15, 0.2) is 23.3 Å². The van der Waals surface area contributed by atoms with Crippen LogP contribution < -0.4 is 14.9 Å². The third-order valence-corrected chi connectivity index (χ3v) is 3.39. The van der Waals surface area contributed by atoms with E-state index >= 15 is 0 Å². The lowest BCUT2D eigenvalue weighted by atomic mass is 10.2. The number of hydrogen-bond donors (Lipinski definition) is 1. The number of nitrogens with zero attached hydrogens (tertiary/aromatic N) is 2. The molecule has 22 heavy (non-hydrogen) atoms. The molecule has 7 heteroatoms. The lowest BCUT2D eigenvalue weighted by Gasteiger charge is -2.13. The highest BCUT2D eigenvalue weighted by Gasteiger charge is 2.23. The van der Waals surface area contributed by atoms with E-state index in [1.807, 2.05) is 0 Å². The van der Waals surface area contributed by atoms with Crippen molar-refractivity contribution in [2.75, 3.05) is 27.3 Å². The van der Waals surface area contributed by atoms with E-state index in [1.165, 1.54) is 25.3 Å². The van der Waals surface area contributed by atoms with Crippen molar-refractivity contribution in [1.82, 2.24) is 10.3 Å². The van der Waals surface area contributed by atoms with Gasteiger partial charge in [0.1, 0.15) is 0 Å². The fraction of sp³-hybridized carbons (Fsp3) is 0.400. The van der Waals surface area contributed by atoms with Crippen LogP contribution >= 0.6 is 0 Å². The first kappa shape index (κ1) is 15.8. The van der Waals surface area contributed by atoms with E-state index in [9.17, 15) is 9.59 Å². The number of rotatable bonds is 4. The SMILES string of the molecule is COc1cccc(/C=N\NC(=O)C(=O)N2CCCC2)c1OC. The van der Waals surface area contributed by atoms with Gasteiger partial charge in [-0.1, -0.05) is 6.07 Å². The predicted molar refractivity (Wildman–Crippen MR) is 81.1 cm³/mol. The zero-order valence-electron chi connectivity index (χ0n) is 12.7. The topological polar surface area (TPSA) is 80.2 Å². The third kappa shape index (κ3) is 3.55. The number of likely N-dealkylation sites (tertiary alicyclic amines) is 1. The smallest absolute Gasteiger partial charge is 0.329 e. The third-order valence-electron chi connectivity index (χ3n) is 3.39. The number of carbonyl (C=O) groups excluding carboxylic acids is 2. The predicted octanol–water partition coefficient (Wildman–Crippen LogP) is 0.776. The normalized spacial score (nSPS) is 14.2. The van der Waals surface area contributed by atoms with Crippen molar-refractivity contribution in [2.45, 2.75) is 12.8 Å². The quantitative estimate of drug-likeness (QED) is 0.506. The molecule has 0 bridgehead atoms. The summed E-state index contributed by atoms with van der Waals surface area (Å²) in [7, 11) is 3.06. The molecule has 0 atom stereocenters. The number of methoxy groups -OCH3 is 2. The molecule has 0 radical (unpaired) electrons. The number of hydrogen-bond acceptors (Lipinski definition) is 5. The highest BCUT2D eigenvalue weighted by Crippen LogP contribution is 2.29. The monoisotopic (exact) mass is 305 g/mol. The van der Waals surface area contributed by atoms with Crippen molar-refractivity contribution in [1.29, 1.82) is 0 Å². The van der Waals surface area contributed by atoms with Crippen molar-refractivity contribution >= 4 is 18.0 Å². The summed E-state index contributed by atoms with van der Waals surface area (Å²) in [6.45, 7) is 1.25. The minimum absolute atomic E-state index is 0.508.